The number of carbonyl (C=O) groups excluding carboxylic acids is 2. The molecule has 1 aromatic carbocycles. The normalized spacial score (nSPS) is 16.9. The van der Waals surface area contributed by atoms with Gasteiger partial charge in [-0.15, -0.1) is 0 Å². The molecule has 1 heterocycles. The van der Waals surface area contributed by atoms with Crippen molar-refractivity contribution >= 4 is 12.0 Å². The maximum Gasteiger partial charge on any atom is 0.337 e. The van der Waals surface area contributed by atoms with Crippen LogP contribution in [0.25, 0.3) is 0 Å². The fourth-order valence-electron chi connectivity index (χ4n) is 3.49. The van der Waals surface area contributed by atoms with Gasteiger partial charge in [-0.3, -0.25) is 4.90 Å². The molecular weight excluding hydrogens is 346 g/mol. The Morgan fingerprint density at radius 2 is 1.85 bits per heavy atom. The second-order valence-corrected chi connectivity index (χ2v) is 6.87. The first-order chi connectivity index (χ1) is 12.8. The molecule has 0 aromatic heterocycles. The minimum Gasteiger partial charge on any atom is -0.496 e. The van der Waals surface area contributed by atoms with Gasteiger partial charge in [0.25, 0.3) is 0 Å². The van der Waals surface area contributed by atoms with E-state index in [2.05, 4.69) is 22.8 Å². The molecule has 0 saturated carbocycles. The van der Waals surface area contributed by atoms with E-state index in [1.807, 2.05) is 25.8 Å². The summed E-state index contributed by atoms with van der Waals surface area (Å²) in [7, 11) is 3.62. The molecule has 1 atom stereocenters. The van der Waals surface area contributed by atoms with E-state index in [9.17, 15) is 9.59 Å². The number of nitrogens with one attached hydrogen (secondary N) is 2. The van der Waals surface area contributed by atoms with Crippen LogP contribution in [0.1, 0.15) is 30.5 Å². The van der Waals surface area contributed by atoms with Crippen LogP contribution >= 0.6 is 0 Å². The summed E-state index contributed by atoms with van der Waals surface area (Å²) in [4.78, 5) is 26.2. The Hall–Kier alpha value is -2.54. The van der Waals surface area contributed by atoms with E-state index in [4.69, 9.17) is 9.47 Å². The molecule has 2 rings (SSSR count). The largest absolute Gasteiger partial charge is 0.496 e. The number of likely N-dealkylation sites (N-methyl/N-ethyl adjacent to an activating group) is 1. The van der Waals surface area contributed by atoms with Crippen molar-refractivity contribution in [2.75, 3.05) is 27.3 Å². The first kappa shape index (κ1) is 20.8. The Labute approximate surface area is 160 Å². The van der Waals surface area contributed by atoms with E-state index in [0.717, 1.165) is 22.4 Å². The number of amides is 2. The third kappa shape index (κ3) is 5.01. The lowest BCUT2D eigenvalue weighted by Crippen LogP contribution is -2.51. The molecule has 2 amide bonds. The highest BCUT2D eigenvalue weighted by molar-refractivity contribution is 5.94. The Bertz CT molecular complexity index is 735. The SMILES string of the molecule is CCOC(=O)C1=C(CN(C)Cc2cc(C)c(OC)c(C)c2)NC(=O)NC1C. The van der Waals surface area contributed by atoms with E-state index >= 15 is 0 Å². The number of methoxy groups -OCH3 is 1. The van der Waals surface area contributed by atoms with Gasteiger partial charge in [0, 0.05) is 18.8 Å². The number of carbonyl (C=O) groups is 2. The highest BCUT2D eigenvalue weighted by Gasteiger charge is 2.30. The summed E-state index contributed by atoms with van der Waals surface area (Å²) in [6, 6.07) is 3.47. The van der Waals surface area contributed by atoms with Crippen LogP contribution in [-0.2, 0) is 16.1 Å². The van der Waals surface area contributed by atoms with Gasteiger partial charge < -0.3 is 20.1 Å². The van der Waals surface area contributed by atoms with Crippen LogP contribution in [0.3, 0.4) is 0 Å². The number of hydrogen-bond acceptors (Lipinski definition) is 5. The Morgan fingerprint density at radius 1 is 1.22 bits per heavy atom. The van der Waals surface area contributed by atoms with Gasteiger partial charge in [-0.25, -0.2) is 9.59 Å². The van der Waals surface area contributed by atoms with Crippen LogP contribution in [0.5, 0.6) is 5.75 Å². The lowest BCUT2D eigenvalue weighted by molar-refractivity contribution is -0.139. The second-order valence-electron chi connectivity index (χ2n) is 6.87. The van der Waals surface area contributed by atoms with Gasteiger partial charge in [0.05, 0.1) is 25.3 Å². The number of ether oxygens (including phenoxy) is 2. The average molecular weight is 375 g/mol. The first-order valence-electron chi connectivity index (χ1n) is 9.07. The van der Waals surface area contributed by atoms with Crippen molar-refractivity contribution in [3.8, 4) is 5.75 Å². The first-order valence-corrected chi connectivity index (χ1v) is 9.07. The number of nitrogens with zero attached hydrogens (tertiary/aromatic N) is 1. The minimum atomic E-state index is -0.406. The molecule has 0 aliphatic carbocycles. The highest BCUT2D eigenvalue weighted by Crippen LogP contribution is 2.25. The van der Waals surface area contributed by atoms with E-state index in [-0.39, 0.29) is 12.6 Å². The van der Waals surface area contributed by atoms with Gasteiger partial charge in [-0.05, 0) is 51.4 Å². The van der Waals surface area contributed by atoms with Crippen molar-refractivity contribution in [2.45, 2.75) is 40.3 Å². The van der Waals surface area contributed by atoms with Crippen LogP contribution in [-0.4, -0.2) is 50.3 Å². The third-order valence-electron chi connectivity index (χ3n) is 4.47. The van der Waals surface area contributed by atoms with Crippen LogP contribution in [0.4, 0.5) is 4.79 Å². The van der Waals surface area contributed by atoms with Gasteiger partial charge in [-0.1, -0.05) is 12.1 Å². The lowest BCUT2D eigenvalue weighted by atomic mass is 10.0. The molecule has 1 aliphatic heterocycles. The molecule has 0 bridgehead atoms. The fraction of sp³-hybridized carbons (Fsp3) is 0.500. The molecule has 1 aromatic rings. The molecule has 1 unspecified atom stereocenters. The van der Waals surface area contributed by atoms with E-state index in [0.29, 0.717) is 24.4 Å². The number of aryl methyl sites for hydroxylation is 2. The number of esters is 1. The molecule has 1 aliphatic rings. The van der Waals surface area contributed by atoms with Gasteiger partial charge >= 0.3 is 12.0 Å². The summed E-state index contributed by atoms with van der Waals surface area (Å²) in [5.74, 6) is 0.491. The summed E-state index contributed by atoms with van der Waals surface area (Å²) in [6.07, 6.45) is 0. The molecule has 0 spiro atoms. The summed E-state index contributed by atoms with van der Waals surface area (Å²) in [6.45, 7) is 8.96. The van der Waals surface area contributed by atoms with Crippen LogP contribution in [0.2, 0.25) is 0 Å². The Morgan fingerprint density at radius 3 is 2.41 bits per heavy atom. The fourth-order valence-corrected chi connectivity index (χ4v) is 3.49. The van der Waals surface area contributed by atoms with Crippen molar-refractivity contribution in [3.05, 3.63) is 40.1 Å². The molecule has 7 heteroatoms. The van der Waals surface area contributed by atoms with Gasteiger partial charge in [0.1, 0.15) is 5.75 Å². The minimum absolute atomic E-state index is 0.288. The van der Waals surface area contributed by atoms with Gasteiger partial charge in [-0.2, -0.15) is 0 Å². The summed E-state index contributed by atoms with van der Waals surface area (Å²) >= 11 is 0. The van der Waals surface area contributed by atoms with Crippen LogP contribution in [0.15, 0.2) is 23.4 Å². The molecule has 0 fully saturated rings. The van der Waals surface area contributed by atoms with Crippen LogP contribution in [0, 0.1) is 13.8 Å². The van der Waals surface area contributed by atoms with Crippen molar-refractivity contribution in [1.29, 1.82) is 0 Å². The molecule has 27 heavy (non-hydrogen) atoms. The average Bonchev–Trinajstić information content (AvgIpc) is 2.53. The number of rotatable bonds is 7. The molecular formula is C20H29N3O4. The molecule has 2 N–H and O–H groups in total. The molecule has 7 nitrogen and oxygen atoms in total. The summed E-state index contributed by atoms with van der Waals surface area (Å²) in [5.41, 5.74) is 4.34. The van der Waals surface area contributed by atoms with E-state index < -0.39 is 12.0 Å². The van der Waals surface area contributed by atoms with Crippen molar-refractivity contribution in [3.63, 3.8) is 0 Å². The second kappa shape index (κ2) is 8.90. The van der Waals surface area contributed by atoms with Gasteiger partial charge in [0.2, 0.25) is 0 Å². The number of hydrogen-bond donors (Lipinski definition) is 2. The van der Waals surface area contributed by atoms with Crippen molar-refractivity contribution < 1.29 is 19.1 Å². The maximum atomic E-state index is 12.3. The van der Waals surface area contributed by atoms with E-state index in [1.165, 1.54) is 0 Å². The maximum absolute atomic E-state index is 12.3. The Kier molecular flexibility index (Phi) is 6.85. The highest BCUT2D eigenvalue weighted by atomic mass is 16.5. The van der Waals surface area contributed by atoms with Crippen LogP contribution < -0.4 is 15.4 Å². The number of benzene rings is 1. The smallest absolute Gasteiger partial charge is 0.337 e. The third-order valence-corrected chi connectivity index (χ3v) is 4.47. The van der Waals surface area contributed by atoms with Crippen molar-refractivity contribution in [1.82, 2.24) is 15.5 Å². The lowest BCUT2D eigenvalue weighted by Gasteiger charge is -2.29. The summed E-state index contributed by atoms with van der Waals surface area (Å²) in [5, 5.41) is 5.47. The topological polar surface area (TPSA) is 79.9 Å². The molecule has 0 radical (unpaired) electrons. The predicted molar refractivity (Wildman–Crippen MR) is 104 cm³/mol. The number of urea groups is 1. The van der Waals surface area contributed by atoms with Gasteiger partial charge in [0.15, 0.2) is 0 Å². The summed E-state index contributed by atoms with van der Waals surface area (Å²) < 4.78 is 10.6. The zero-order valence-corrected chi connectivity index (χ0v) is 16.9. The monoisotopic (exact) mass is 375 g/mol. The molecule has 148 valence electrons. The zero-order chi connectivity index (χ0) is 20.1. The Balaban J connectivity index is 2.21. The van der Waals surface area contributed by atoms with E-state index in [1.54, 1.807) is 21.0 Å². The predicted octanol–water partition coefficient (Wildman–Crippen LogP) is 2.26. The zero-order valence-electron chi connectivity index (χ0n) is 16.9. The standard InChI is InChI=1S/C20H29N3O4/c1-7-27-19(24)17-14(4)21-20(25)22-16(17)11-23(5)10-15-8-12(2)18(26-6)13(3)9-15/h8-9,14H,7,10-11H2,1-6H3,(H2,21,22,25). The quantitative estimate of drug-likeness (QED) is 0.715. The van der Waals surface area contributed by atoms with Crippen molar-refractivity contribution in [2.24, 2.45) is 0 Å². The molecule has 0 saturated heterocycles.